The first-order valence-corrected chi connectivity index (χ1v) is 7.85. The Bertz CT molecular complexity index is 156. The van der Waals surface area contributed by atoms with E-state index in [9.17, 15) is 0 Å². The molecule has 0 aromatic carbocycles. The van der Waals surface area contributed by atoms with Crippen molar-refractivity contribution in [2.45, 2.75) is 60.3 Å². The lowest BCUT2D eigenvalue weighted by Crippen LogP contribution is -2.21. The number of rotatable bonds is 1. The van der Waals surface area contributed by atoms with E-state index in [1.165, 1.54) is 25.7 Å². The minimum Gasteiger partial charge on any atom is -0.381 e. The number of ether oxygens (including phenoxy) is 2. The molecule has 0 aliphatic carbocycles. The summed E-state index contributed by atoms with van der Waals surface area (Å²) in [5, 5.41) is 0. The average molecular weight is 258 g/mol. The van der Waals surface area contributed by atoms with Gasteiger partial charge in [-0.2, -0.15) is 0 Å². The minimum atomic E-state index is 0.810. The van der Waals surface area contributed by atoms with Crippen LogP contribution in [0.2, 0.25) is 0 Å². The van der Waals surface area contributed by atoms with Crippen molar-refractivity contribution in [3.8, 4) is 0 Å². The van der Waals surface area contributed by atoms with Crippen molar-refractivity contribution in [1.82, 2.24) is 0 Å². The van der Waals surface area contributed by atoms with E-state index in [-0.39, 0.29) is 0 Å². The Hall–Kier alpha value is -0.0800. The summed E-state index contributed by atoms with van der Waals surface area (Å²) >= 11 is 0. The highest BCUT2D eigenvalue weighted by molar-refractivity contribution is 4.65. The van der Waals surface area contributed by atoms with E-state index >= 15 is 0 Å². The van der Waals surface area contributed by atoms with Gasteiger partial charge in [-0.25, -0.2) is 0 Å². The molecular weight excluding hydrogens is 224 g/mol. The lowest BCUT2D eigenvalue weighted by atomic mass is 9.91. The van der Waals surface area contributed by atoms with E-state index in [4.69, 9.17) is 9.47 Å². The van der Waals surface area contributed by atoms with E-state index in [1.54, 1.807) is 0 Å². The van der Waals surface area contributed by atoms with Crippen molar-refractivity contribution in [1.29, 1.82) is 0 Å². The summed E-state index contributed by atoms with van der Waals surface area (Å²) in [6, 6.07) is 0. The van der Waals surface area contributed by atoms with Crippen LogP contribution < -0.4 is 0 Å². The predicted octanol–water partition coefficient (Wildman–Crippen LogP) is 4.53. The molecule has 1 unspecified atom stereocenters. The zero-order valence-corrected chi connectivity index (χ0v) is 13.2. The van der Waals surface area contributed by atoms with Gasteiger partial charge in [0.25, 0.3) is 0 Å². The van der Waals surface area contributed by atoms with E-state index in [0.717, 1.165) is 44.2 Å². The fraction of sp³-hybridized carbons (Fsp3) is 1.00. The van der Waals surface area contributed by atoms with Crippen molar-refractivity contribution in [2.24, 2.45) is 17.8 Å². The monoisotopic (exact) mass is 258 g/mol. The Morgan fingerprint density at radius 3 is 1.78 bits per heavy atom. The van der Waals surface area contributed by atoms with Gasteiger partial charge in [-0.15, -0.1) is 0 Å². The third-order valence-corrected chi connectivity index (χ3v) is 3.65. The average Bonchev–Trinajstić information content (AvgIpc) is 2.43. The first kappa shape index (κ1) is 17.9. The van der Waals surface area contributed by atoms with Crippen LogP contribution in [-0.2, 0) is 9.47 Å². The molecule has 2 aliphatic heterocycles. The van der Waals surface area contributed by atoms with Gasteiger partial charge in [-0.05, 0) is 43.4 Å². The summed E-state index contributed by atoms with van der Waals surface area (Å²) in [6.45, 7) is 14.8. The molecule has 1 atom stereocenters. The molecule has 0 saturated carbocycles. The fourth-order valence-electron chi connectivity index (χ4n) is 2.11. The van der Waals surface area contributed by atoms with E-state index in [1.807, 2.05) is 13.8 Å². The number of hydrogen-bond acceptors (Lipinski definition) is 2. The van der Waals surface area contributed by atoms with E-state index in [0.29, 0.717) is 0 Å². The summed E-state index contributed by atoms with van der Waals surface area (Å²) in [6.07, 6.45) is 5.17. The Labute approximate surface area is 114 Å². The van der Waals surface area contributed by atoms with Gasteiger partial charge < -0.3 is 9.47 Å². The second-order valence-corrected chi connectivity index (χ2v) is 5.52. The maximum absolute atomic E-state index is 5.34. The molecule has 2 fully saturated rings. The highest BCUT2D eigenvalue weighted by atomic mass is 16.5. The second-order valence-electron chi connectivity index (χ2n) is 5.52. The van der Waals surface area contributed by atoms with Gasteiger partial charge in [0.15, 0.2) is 0 Å². The summed E-state index contributed by atoms with van der Waals surface area (Å²) < 4.78 is 10.5. The Kier molecular flexibility index (Phi) is 11.9. The van der Waals surface area contributed by atoms with Crippen LogP contribution in [-0.4, -0.2) is 26.4 Å². The summed E-state index contributed by atoms with van der Waals surface area (Å²) in [5.41, 5.74) is 0. The van der Waals surface area contributed by atoms with Crippen molar-refractivity contribution >= 4 is 0 Å². The third-order valence-electron chi connectivity index (χ3n) is 3.65. The molecule has 0 spiro atoms. The van der Waals surface area contributed by atoms with Crippen LogP contribution in [0.4, 0.5) is 0 Å². The zero-order chi connectivity index (χ0) is 13.8. The standard InChI is InChI=1S/C8H16O.C6H12O.C2H6/c1-7(2)8-4-3-5-9-6-8;1-6-2-4-7-5-3-6;1-2/h7-8H,3-6H2,1-2H3;6H,2-5H2,1H3;1-2H3. The molecule has 2 heteroatoms. The van der Waals surface area contributed by atoms with Crippen LogP contribution in [0.5, 0.6) is 0 Å². The van der Waals surface area contributed by atoms with Crippen LogP contribution in [0.15, 0.2) is 0 Å². The molecule has 0 amide bonds. The van der Waals surface area contributed by atoms with Crippen molar-refractivity contribution in [3.63, 3.8) is 0 Å². The molecule has 2 saturated heterocycles. The zero-order valence-electron chi connectivity index (χ0n) is 13.2. The van der Waals surface area contributed by atoms with Gasteiger partial charge in [-0.1, -0.05) is 34.6 Å². The van der Waals surface area contributed by atoms with Gasteiger partial charge in [0.1, 0.15) is 0 Å². The quantitative estimate of drug-likeness (QED) is 0.688. The summed E-state index contributed by atoms with van der Waals surface area (Å²) in [7, 11) is 0. The minimum absolute atomic E-state index is 0.810. The Morgan fingerprint density at radius 1 is 0.889 bits per heavy atom. The first-order chi connectivity index (χ1) is 8.70. The first-order valence-electron chi connectivity index (χ1n) is 7.85. The normalized spacial score (nSPS) is 24.7. The fourth-order valence-corrected chi connectivity index (χ4v) is 2.11. The summed E-state index contributed by atoms with van der Waals surface area (Å²) in [4.78, 5) is 0. The van der Waals surface area contributed by atoms with Crippen molar-refractivity contribution in [3.05, 3.63) is 0 Å². The smallest absolute Gasteiger partial charge is 0.0496 e. The van der Waals surface area contributed by atoms with Gasteiger partial charge in [0, 0.05) is 26.4 Å². The largest absolute Gasteiger partial charge is 0.381 e. The lowest BCUT2D eigenvalue weighted by Gasteiger charge is -2.24. The maximum Gasteiger partial charge on any atom is 0.0496 e. The van der Waals surface area contributed by atoms with E-state index in [2.05, 4.69) is 20.8 Å². The highest BCUT2D eigenvalue weighted by Crippen LogP contribution is 2.20. The molecule has 0 N–H and O–H groups in total. The summed E-state index contributed by atoms with van der Waals surface area (Å²) in [5.74, 6) is 2.55. The topological polar surface area (TPSA) is 18.5 Å². The van der Waals surface area contributed by atoms with E-state index < -0.39 is 0 Å². The SMILES string of the molecule is CC.CC(C)C1CCCOC1.CC1CCOCC1. The molecule has 18 heavy (non-hydrogen) atoms. The molecule has 2 heterocycles. The maximum atomic E-state index is 5.34. The molecule has 0 radical (unpaired) electrons. The number of hydrogen-bond donors (Lipinski definition) is 0. The van der Waals surface area contributed by atoms with Crippen LogP contribution in [0.25, 0.3) is 0 Å². The molecule has 0 aromatic rings. The predicted molar refractivity (Wildman–Crippen MR) is 78.9 cm³/mol. The van der Waals surface area contributed by atoms with Gasteiger partial charge in [-0.3, -0.25) is 0 Å². The molecule has 2 rings (SSSR count). The molecule has 110 valence electrons. The molecule has 0 bridgehead atoms. The molecule has 0 aromatic heterocycles. The van der Waals surface area contributed by atoms with Crippen LogP contribution >= 0.6 is 0 Å². The molecule has 2 nitrogen and oxygen atoms in total. The Morgan fingerprint density at radius 2 is 1.50 bits per heavy atom. The highest BCUT2D eigenvalue weighted by Gasteiger charge is 2.16. The van der Waals surface area contributed by atoms with Crippen molar-refractivity contribution in [2.75, 3.05) is 26.4 Å². The van der Waals surface area contributed by atoms with Crippen LogP contribution in [0.1, 0.15) is 60.3 Å². The van der Waals surface area contributed by atoms with Crippen LogP contribution in [0, 0.1) is 17.8 Å². The molecule has 2 aliphatic rings. The van der Waals surface area contributed by atoms with Crippen LogP contribution in [0.3, 0.4) is 0 Å². The van der Waals surface area contributed by atoms with Gasteiger partial charge in [0.2, 0.25) is 0 Å². The molecular formula is C16H34O2. The van der Waals surface area contributed by atoms with Gasteiger partial charge >= 0.3 is 0 Å². The van der Waals surface area contributed by atoms with Gasteiger partial charge in [0.05, 0.1) is 0 Å². The second kappa shape index (κ2) is 12.0. The Balaban J connectivity index is 0.000000289. The third kappa shape index (κ3) is 8.93. The lowest BCUT2D eigenvalue weighted by molar-refractivity contribution is 0.0373. The van der Waals surface area contributed by atoms with Crippen molar-refractivity contribution < 1.29 is 9.47 Å².